The molecule has 124 valence electrons. The largest absolute Gasteiger partial charge is 0.396 e. The Labute approximate surface area is 147 Å². The Balaban J connectivity index is 2.00. The molecule has 1 aliphatic heterocycles. The summed E-state index contributed by atoms with van der Waals surface area (Å²) in [5, 5.41) is 9.23. The molecular weight excluding hydrogens is 410 g/mol. The minimum Gasteiger partial charge on any atom is -0.396 e. The van der Waals surface area contributed by atoms with Crippen LogP contribution < -0.4 is 0 Å². The summed E-state index contributed by atoms with van der Waals surface area (Å²) in [5.41, 5.74) is 1.29. The van der Waals surface area contributed by atoms with Crippen LogP contribution in [0, 0.1) is 9.49 Å². The van der Waals surface area contributed by atoms with Crippen LogP contribution in [0.5, 0.6) is 0 Å². The molecule has 0 bridgehead atoms. The Kier molecular flexibility index (Phi) is 6.45. The maximum absolute atomic E-state index is 14.7. The highest BCUT2D eigenvalue weighted by atomic mass is 127. The molecule has 1 N–H and O–H groups in total. The highest BCUT2D eigenvalue weighted by molar-refractivity contribution is 14.1. The van der Waals surface area contributed by atoms with Crippen molar-refractivity contribution in [1.29, 1.82) is 0 Å². The number of ether oxygens (including phenoxy) is 1. The third kappa shape index (κ3) is 4.52. The Morgan fingerprint density at radius 2 is 1.82 bits per heavy atom. The van der Waals surface area contributed by atoms with Gasteiger partial charge in [0.1, 0.15) is 0 Å². The lowest BCUT2D eigenvalue weighted by molar-refractivity contribution is 0.0193. The Morgan fingerprint density at radius 3 is 2.36 bits per heavy atom. The third-order valence-corrected chi connectivity index (χ3v) is 7.94. The van der Waals surface area contributed by atoms with E-state index in [0.717, 1.165) is 12.8 Å². The van der Waals surface area contributed by atoms with Gasteiger partial charge >= 0.3 is 0 Å². The summed E-state index contributed by atoms with van der Waals surface area (Å²) in [7, 11) is -2.78. The third-order valence-electron chi connectivity index (χ3n) is 4.74. The van der Waals surface area contributed by atoms with Gasteiger partial charge in [0.2, 0.25) is 8.41 Å². The Bertz CT molecular complexity index is 475. The van der Waals surface area contributed by atoms with Crippen molar-refractivity contribution in [3.8, 4) is 0 Å². The molecule has 1 saturated heterocycles. The second kappa shape index (κ2) is 7.72. The molecule has 1 aromatic rings. The first-order valence-electron chi connectivity index (χ1n) is 8.02. The van der Waals surface area contributed by atoms with Gasteiger partial charge in [-0.15, -0.1) is 0 Å². The molecule has 0 amide bonds. The van der Waals surface area contributed by atoms with E-state index in [1.807, 2.05) is 0 Å². The lowest BCUT2D eigenvalue weighted by atomic mass is 9.95. The van der Waals surface area contributed by atoms with E-state index in [2.05, 4.69) is 53.8 Å². The first kappa shape index (κ1) is 18.4. The molecule has 1 aliphatic rings. The standard InChI is InChI=1S/C17H26FIO2Si/c1-12-15(9-6-13-4-7-14(19)8-5-13)21-16(10-11-20)17(12)22(2,3)18/h4-5,7-8,12,15-17,20H,6,9-11H2,1-3H3/t12-,15+,16-,17+/m0/s1. The predicted molar refractivity (Wildman–Crippen MR) is 99.3 cm³/mol. The van der Waals surface area contributed by atoms with E-state index >= 15 is 0 Å². The van der Waals surface area contributed by atoms with Crippen LogP contribution >= 0.6 is 22.6 Å². The number of benzene rings is 1. The number of aryl methyl sites for hydroxylation is 1. The van der Waals surface area contributed by atoms with E-state index in [4.69, 9.17) is 4.74 Å². The molecule has 0 aromatic heterocycles. The van der Waals surface area contributed by atoms with E-state index < -0.39 is 8.41 Å². The summed E-state index contributed by atoms with van der Waals surface area (Å²) < 4.78 is 22.0. The lowest BCUT2D eigenvalue weighted by Crippen LogP contribution is -2.36. The van der Waals surface area contributed by atoms with Crippen LogP contribution in [0.4, 0.5) is 4.11 Å². The van der Waals surface area contributed by atoms with Crippen molar-refractivity contribution in [1.82, 2.24) is 0 Å². The van der Waals surface area contributed by atoms with Gasteiger partial charge in [-0.05, 0) is 78.6 Å². The zero-order valence-corrected chi connectivity index (χ0v) is 16.7. The average Bonchev–Trinajstić information content (AvgIpc) is 2.74. The minimum absolute atomic E-state index is 0.0126. The molecule has 0 spiro atoms. The molecule has 0 aliphatic carbocycles. The summed E-state index contributed by atoms with van der Waals surface area (Å²) in [6.07, 6.45) is 2.41. The zero-order valence-electron chi connectivity index (χ0n) is 13.6. The fourth-order valence-electron chi connectivity index (χ4n) is 3.74. The highest BCUT2D eigenvalue weighted by Gasteiger charge is 2.50. The highest BCUT2D eigenvalue weighted by Crippen LogP contribution is 2.46. The topological polar surface area (TPSA) is 29.5 Å². The fourth-order valence-corrected chi connectivity index (χ4v) is 6.69. The molecule has 1 heterocycles. The SMILES string of the molecule is C[C@@H]1[C@@H]([Si](C)(C)F)[C@H](CCO)O[C@@H]1CCc1ccc(I)cc1. The van der Waals surface area contributed by atoms with Crippen molar-refractivity contribution in [2.45, 2.75) is 57.0 Å². The second-order valence-corrected chi connectivity index (χ2v) is 11.9. The van der Waals surface area contributed by atoms with Crippen molar-refractivity contribution in [3.63, 3.8) is 0 Å². The first-order chi connectivity index (χ1) is 10.3. The Morgan fingerprint density at radius 1 is 1.18 bits per heavy atom. The smallest absolute Gasteiger partial charge is 0.246 e. The van der Waals surface area contributed by atoms with Crippen LogP contribution in [0.2, 0.25) is 18.6 Å². The number of hydrogen-bond donors (Lipinski definition) is 1. The molecule has 0 radical (unpaired) electrons. The van der Waals surface area contributed by atoms with Gasteiger partial charge in [0.25, 0.3) is 0 Å². The van der Waals surface area contributed by atoms with Gasteiger partial charge in [0.15, 0.2) is 0 Å². The van der Waals surface area contributed by atoms with E-state index in [-0.39, 0.29) is 30.3 Å². The van der Waals surface area contributed by atoms with Gasteiger partial charge in [-0.25, -0.2) is 0 Å². The van der Waals surface area contributed by atoms with Crippen molar-refractivity contribution in [2.24, 2.45) is 5.92 Å². The van der Waals surface area contributed by atoms with E-state index in [1.165, 1.54) is 9.13 Å². The molecule has 4 atom stereocenters. The Hall–Kier alpha value is 0.0169. The van der Waals surface area contributed by atoms with E-state index in [0.29, 0.717) is 6.42 Å². The van der Waals surface area contributed by atoms with Crippen molar-refractivity contribution < 1.29 is 14.0 Å². The molecular formula is C17H26FIO2Si. The monoisotopic (exact) mass is 436 g/mol. The number of halogens is 2. The van der Waals surface area contributed by atoms with Gasteiger partial charge in [-0.2, -0.15) is 0 Å². The normalized spacial score (nSPS) is 29.0. The minimum atomic E-state index is -2.78. The van der Waals surface area contributed by atoms with Crippen molar-refractivity contribution >= 4 is 31.0 Å². The molecule has 2 rings (SSSR count). The van der Waals surface area contributed by atoms with Gasteiger partial charge in [0, 0.05) is 15.7 Å². The summed E-state index contributed by atoms with van der Waals surface area (Å²) in [6, 6.07) is 8.53. The molecule has 0 saturated carbocycles. The van der Waals surface area contributed by atoms with E-state index in [9.17, 15) is 9.21 Å². The fraction of sp³-hybridized carbons (Fsp3) is 0.647. The van der Waals surface area contributed by atoms with Crippen LogP contribution in [0.15, 0.2) is 24.3 Å². The summed E-state index contributed by atoms with van der Waals surface area (Å²) in [4.78, 5) is 0. The van der Waals surface area contributed by atoms with Crippen LogP contribution in [0.1, 0.15) is 25.3 Å². The second-order valence-electron chi connectivity index (χ2n) is 6.84. The van der Waals surface area contributed by atoms with Gasteiger partial charge in [-0.3, -0.25) is 0 Å². The van der Waals surface area contributed by atoms with Gasteiger partial charge in [0.05, 0.1) is 12.2 Å². The lowest BCUT2D eigenvalue weighted by Gasteiger charge is -2.28. The van der Waals surface area contributed by atoms with Crippen LogP contribution in [-0.2, 0) is 11.2 Å². The number of aliphatic hydroxyl groups excluding tert-OH is 1. The van der Waals surface area contributed by atoms with Crippen LogP contribution in [0.25, 0.3) is 0 Å². The van der Waals surface area contributed by atoms with Gasteiger partial charge < -0.3 is 14.0 Å². The van der Waals surface area contributed by atoms with E-state index in [1.54, 1.807) is 13.1 Å². The molecule has 5 heteroatoms. The predicted octanol–water partition coefficient (Wildman–Crippen LogP) is 4.55. The molecule has 0 unspecified atom stereocenters. The van der Waals surface area contributed by atoms with Crippen LogP contribution in [-0.4, -0.2) is 32.3 Å². The zero-order chi connectivity index (χ0) is 16.3. The maximum atomic E-state index is 14.7. The molecule has 2 nitrogen and oxygen atoms in total. The average molecular weight is 436 g/mol. The summed E-state index contributed by atoms with van der Waals surface area (Å²) >= 11 is 2.30. The molecule has 1 fully saturated rings. The van der Waals surface area contributed by atoms with Crippen molar-refractivity contribution in [2.75, 3.05) is 6.61 Å². The van der Waals surface area contributed by atoms with Crippen LogP contribution in [0.3, 0.4) is 0 Å². The molecule has 1 aromatic carbocycles. The molecule has 22 heavy (non-hydrogen) atoms. The number of aliphatic hydroxyl groups is 1. The number of hydrogen-bond acceptors (Lipinski definition) is 2. The maximum Gasteiger partial charge on any atom is 0.246 e. The first-order valence-corrected chi connectivity index (χ1v) is 12.1. The number of rotatable bonds is 6. The quantitative estimate of drug-likeness (QED) is 0.403. The van der Waals surface area contributed by atoms with Crippen molar-refractivity contribution in [3.05, 3.63) is 33.4 Å². The summed E-state index contributed by atoms with van der Waals surface area (Å²) in [5.74, 6) is 0.229. The summed E-state index contributed by atoms with van der Waals surface area (Å²) in [6.45, 7) is 5.73. The van der Waals surface area contributed by atoms with Gasteiger partial charge in [-0.1, -0.05) is 19.1 Å².